The Morgan fingerprint density at radius 1 is 1.13 bits per heavy atom. The van der Waals surface area contributed by atoms with Crippen molar-refractivity contribution in [2.24, 2.45) is 0 Å². The average Bonchev–Trinajstić information content (AvgIpc) is 3.82. The smallest absolute Gasteiger partial charge is 0.298 e. The minimum absolute atomic E-state index is 0.0796. The molecule has 1 N–H and O–H groups in total. The molecule has 0 spiro atoms. The second-order valence-corrected chi connectivity index (χ2v) is 13.5. The standard InChI is InChI=1S/C30H26F2N6O4S3/c1-30(31,32)28-36-38-13-22(35-29(38)45-28)26-34-21-10-20(41-2)11-23(24(21)44-26)42-14-18-15-43-25(33-18)16-5-7-17(8-6-16)27(40)37-9-3-4-19(39)12-37/h5-8,10-11,13,15,19,39H,3-4,9,12,14H2,1-2H3. The summed E-state index contributed by atoms with van der Waals surface area (Å²) in [5.74, 6) is -1.97. The number of β-amino-alcohol motifs (C(OH)–C–C–N with tert-alkyl or cyclic N) is 1. The zero-order valence-electron chi connectivity index (χ0n) is 24.1. The first kappa shape index (κ1) is 29.6. The average molecular weight is 669 g/mol. The number of likely N-dealkylation sites (tertiary alicyclic amines) is 1. The molecule has 1 saturated heterocycles. The minimum atomic E-state index is -3.04. The number of alkyl halides is 2. The van der Waals surface area contributed by atoms with Crippen molar-refractivity contribution in [1.29, 1.82) is 0 Å². The molecule has 1 atom stereocenters. The van der Waals surface area contributed by atoms with Gasteiger partial charge in [-0.25, -0.2) is 19.5 Å². The summed E-state index contributed by atoms with van der Waals surface area (Å²) >= 11 is 3.70. The van der Waals surface area contributed by atoms with Gasteiger partial charge in [0.25, 0.3) is 11.8 Å². The van der Waals surface area contributed by atoms with Crippen LogP contribution in [-0.4, -0.2) is 66.8 Å². The molecule has 1 aliphatic heterocycles. The molecule has 1 amide bonds. The highest BCUT2D eigenvalue weighted by Gasteiger charge is 2.30. The summed E-state index contributed by atoms with van der Waals surface area (Å²) in [7, 11) is 1.57. The quantitative estimate of drug-likeness (QED) is 0.196. The lowest BCUT2D eigenvalue weighted by Crippen LogP contribution is -2.42. The number of carbonyl (C=O) groups is 1. The number of imidazole rings is 1. The number of nitrogens with zero attached hydrogens (tertiary/aromatic N) is 6. The predicted octanol–water partition coefficient (Wildman–Crippen LogP) is 6.49. The number of thiazole rings is 2. The number of aliphatic hydroxyl groups is 1. The van der Waals surface area contributed by atoms with Crippen molar-refractivity contribution in [1.82, 2.24) is 29.5 Å². The number of piperidine rings is 1. The number of ether oxygens (including phenoxy) is 2. The van der Waals surface area contributed by atoms with Gasteiger partial charge in [-0.05, 0) is 25.0 Å². The lowest BCUT2D eigenvalue weighted by atomic mass is 10.1. The van der Waals surface area contributed by atoms with Crippen molar-refractivity contribution in [3.8, 4) is 32.8 Å². The molecule has 10 nitrogen and oxygen atoms in total. The van der Waals surface area contributed by atoms with E-state index in [2.05, 4.69) is 10.1 Å². The Bertz CT molecular complexity index is 1980. The number of methoxy groups -OCH3 is 1. The zero-order valence-corrected chi connectivity index (χ0v) is 26.5. The highest BCUT2D eigenvalue weighted by molar-refractivity contribution is 7.22. The third-order valence-electron chi connectivity index (χ3n) is 7.29. The first-order valence-electron chi connectivity index (χ1n) is 14.0. The Labute approximate surface area is 267 Å². The van der Waals surface area contributed by atoms with Crippen LogP contribution in [0.4, 0.5) is 8.78 Å². The molecule has 1 unspecified atom stereocenters. The normalized spacial score (nSPS) is 15.7. The van der Waals surface area contributed by atoms with E-state index in [4.69, 9.17) is 19.4 Å². The van der Waals surface area contributed by atoms with Gasteiger partial charge >= 0.3 is 0 Å². The lowest BCUT2D eigenvalue weighted by Gasteiger charge is -2.30. The Morgan fingerprint density at radius 3 is 2.69 bits per heavy atom. The minimum Gasteiger partial charge on any atom is -0.497 e. The van der Waals surface area contributed by atoms with Crippen molar-refractivity contribution < 1.29 is 28.2 Å². The fourth-order valence-corrected chi connectivity index (χ4v) is 7.62. The third-order valence-corrected chi connectivity index (χ3v) is 10.4. The van der Waals surface area contributed by atoms with Crippen LogP contribution in [0, 0.1) is 0 Å². The van der Waals surface area contributed by atoms with E-state index in [0.29, 0.717) is 51.3 Å². The second-order valence-electron chi connectivity index (χ2n) is 10.7. The van der Waals surface area contributed by atoms with E-state index in [1.165, 1.54) is 27.2 Å². The van der Waals surface area contributed by atoms with E-state index in [9.17, 15) is 18.7 Å². The topological polar surface area (TPSA) is 115 Å². The first-order chi connectivity index (χ1) is 21.6. The van der Waals surface area contributed by atoms with Crippen LogP contribution < -0.4 is 9.47 Å². The monoisotopic (exact) mass is 668 g/mol. The fourth-order valence-electron chi connectivity index (χ4n) is 5.03. The van der Waals surface area contributed by atoms with Crippen molar-refractivity contribution in [3.63, 3.8) is 0 Å². The van der Waals surface area contributed by atoms with E-state index >= 15 is 0 Å². The highest BCUT2D eigenvalue weighted by Crippen LogP contribution is 2.40. The Morgan fingerprint density at radius 2 is 1.96 bits per heavy atom. The van der Waals surface area contributed by atoms with Crippen LogP contribution in [0.15, 0.2) is 48.0 Å². The number of hydrogen-bond donors (Lipinski definition) is 1. The summed E-state index contributed by atoms with van der Waals surface area (Å²) < 4.78 is 41.2. The summed E-state index contributed by atoms with van der Waals surface area (Å²) in [5.41, 5.74) is 3.39. The van der Waals surface area contributed by atoms with Crippen LogP contribution in [0.1, 0.15) is 40.8 Å². The zero-order chi connectivity index (χ0) is 31.3. The lowest BCUT2D eigenvalue weighted by molar-refractivity contribution is 0.0163. The molecular weight excluding hydrogens is 643 g/mol. The van der Waals surface area contributed by atoms with E-state index in [-0.39, 0.29) is 17.5 Å². The van der Waals surface area contributed by atoms with Crippen molar-refractivity contribution in [3.05, 3.63) is 64.2 Å². The Hall–Kier alpha value is -4.05. The van der Waals surface area contributed by atoms with Gasteiger partial charge in [-0.2, -0.15) is 13.9 Å². The van der Waals surface area contributed by atoms with Crippen LogP contribution in [-0.2, 0) is 12.5 Å². The molecule has 2 aromatic carbocycles. The highest BCUT2D eigenvalue weighted by atomic mass is 32.1. The number of hydrogen-bond acceptors (Lipinski definition) is 11. The second kappa shape index (κ2) is 11.7. The molecule has 6 aromatic rings. The van der Waals surface area contributed by atoms with Crippen LogP contribution >= 0.6 is 34.0 Å². The van der Waals surface area contributed by atoms with Crippen molar-refractivity contribution in [2.45, 2.75) is 38.4 Å². The number of benzene rings is 2. The maximum Gasteiger partial charge on any atom is 0.298 e. The van der Waals surface area contributed by atoms with Gasteiger partial charge in [-0.1, -0.05) is 23.5 Å². The van der Waals surface area contributed by atoms with Gasteiger partial charge in [0.2, 0.25) is 4.96 Å². The van der Waals surface area contributed by atoms with Crippen LogP contribution in [0.2, 0.25) is 0 Å². The van der Waals surface area contributed by atoms with Gasteiger partial charge in [0.15, 0.2) is 5.01 Å². The van der Waals surface area contributed by atoms with Gasteiger partial charge in [-0.3, -0.25) is 4.79 Å². The summed E-state index contributed by atoms with van der Waals surface area (Å²) in [6.07, 6.45) is 2.65. The summed E-state index contributed by atoms with van der Waals surface area (Å²) in [6.45, 7) is 2.03. The molecule has 0 saturated carbocycles. The fraction of sp³-hybridized carbons (Fsp3) is 0.300. The predicted molar refractivity (Wildman–Crippen MR) is 169 cm³/mol. The summed E-state index contributed by atoms with van der Waals surface area (Å²) in [5, 5.41) is 16.9. The SMILES string of the molecule is COc1cc(OCc2csc(-c3ccc(C(=O)N4CCCC(O)C4)cc3)n2)c2sc(-c3cn4nc(C(C)(F)F)sc4n3)nc2c1. The molecule has 232 valence electrons. The maximum absolute atomic E-state index is 13.7. The largest absolute Gasteiger partial charge is 0.497 e. The molecule has 0 aliphatic carbocycles. The van der Waals surface area contributed by atoms with E-state index in [0.717, 1.165) is 52.1 Å². The number of fused-ring (bicyclic) bond motifs is 2. The first-order valence-corrected chi connectivity index (χ1v) is 16.5. The number of halogens is 2. The molecule has 5 heterocycles. The Balaban J connectivity index is 1.07. The maximum atomic E-state index is 13.7. The molecule has 7 rings (SSSR count). The van der Waals surface area contributed by atoms with Gasteiger partial charge in [0, 0.05) is 48.7 Å². The third kappa shape index (κ3) is 6.00. The molecule has 45 heavy (non-hydrogen) atoms. The van der Waals surface area contributed by atoms with Gasteiger partial charge < -0.3 is 19.5 Å². The van der Waals surface area contributed by atoms with E-state index in [1.807, 2.05) is 17.5 Å². The van der Waals surface area contributed by atoms with Crippen LogP contribution in [0.5, 0.6) is 11.5 Å². The van der Waals surface area contributed by atoms with E-state index in [1.54, 1.807) is 42.5 Å². The molecule has 0 bridgehead atoms. The molecule has 1 aliphatic rings. The van der Waals surface area contributed by atoms with Crippen molar-refractivity contribution >= 4 is 55.1 Å². The number of carbonyl (C=O) groups excluding carboxylic acids is 1. The van der Waals surface area contributed by atoms with Crippen molar-refractivity contribution in [2.75, 3.05) is 20.2 Å². The molecular formula is C30H26F2N6O4S3. The molecule has 4 aromatic heterocycles. The number of rotatable bonds is 8. The Kier molecular flexibility index (Phi) is 7.71. The van der Waals surface area contributed by atoms with Gasteiger partial charge in [-0.15, -0.1) is 22.7 Å². The summed E-state index contributed by atoms with van der Waals surface area (Å²) in [4.78, 5) is 28.8. The number of amides is 1. The molecule has 1 fully saturated rings. The molecule has 15 heteroatoms. The van der Waals surface area contributed by atoms with Crippen LogP contribution in [0.3, 0.4) is 0 Å². The number of aromatic nitrogens is 5. The van der Waals surface area contributed by atoms with Gasteiger partial charge in [0.1, 0.15) is 33.8 Å². The van der Waals surface area contributed by atoms with E-state index < -0.39 is 12.0 Å². The van der Waals surface area contributed by atoms with Crippen LogP contribution in [0.25, 0.3) is 36.5 Å². The number of aliphatic hydroxyl groups excluding tert-OH is 1. The van der Waals surface area contributed by atoms with Gasteiger partial charge in [0.05, 0.1) is 35.3 Å². The summed E-state index contributed by atoms with van der Waals surface area (Å²) in [6, 6.07) is 10.9. The molecule has 0 radical (unpaired) electrons.